The van der Waals surface area contributed by atoms with Crippen molar-refractivity contribution >= 4 is 48.3 Å². The molecule has 1 aromatic heterocycles. The number of benzene rings is 3. The summed E-state index contributed by atoms with van der Waals surface area (Å²) in [7, 11) is -3.95. The number of hydrogen-bond acceptors (Lipinski definition) is 6. The Bertz CT molecular complexity index is 1420. The quantitative estimate of drug-likeness (QED) is 0.306. The van der Waals surface area contributed by atoms with E-state index in [1.165, 1.54) is 29.5 Å². The second-order valence-electron chi connectivity index (χ2n) is 8.09. The predicted molar refractivity (Wildman–Crippen MR) is 143 cm³/mol. The molecule has 4 rings (SSSR count). The van der Waals surface area contributed by atoms with E-state index in [0.29, 0.717) is 23.8 Å². The number of hydrogen-bond donors (Lipinski definition) is 1. The van der Waals surface area contributed by atoms with Gasteiger partial charge in [-0.2, -0.15) is 0 Å². The zero-order valence-corrected chi connectivity index (χ0v) is 21.7. The number of halogens is 1. The molecule has 10 heteroatoms. The minimum absolute atomic E-state index is 0.0732. The number of carbonyl (C=O) groups is 1. The predicted octanol–water partition coefficient (Wildman–Crippen LogP) is 5.22. The molecular weight excluding hydrogens is 499 g/mol. The van der Waals surface area contributed by atoms with Crippen molar-refractivity contribution in [2.24, 2.45) is 0 Å². The molecule has 188 valence electrons. The maximum Gasteiger partial charge on any atom is 0.261 e. The summed E-state index contributed by atoms with van der Waals surface area (Å²) in [6.07, 6.45) is 0. The summed E-state index contributed by atoms with van der Waals surface area (Å²) in [5, 5.41) is 0.589. The molecule has 1 amide bonds. The van der Waals surface area contributed by atoms with E-state index in [4.69, 9.17) is 0 Å². The number of nitrogens with one attached hydrogen (secondary N) is 1. The summed E-state index contributed by atoms with van der Waals surface area (Å²) in [4.78, 5) is 22.2. The van der Waals surface area contributed by atoms with E-state index in [9.17, 15) is 17.6 Å². The molecule has 7 nitrogen and oxygen atoms in total. The van der Waals surface area contributed by atoms with Crippen LogP contribution in [0.1, 0.15) is 24.2 Å². The summed E-state index contributed by atoms with van der Waals surface area (Å²) in [5.41, 5.74) is 1.38. The standard InChI is InChI=1S/C26H27FN4O3S2/c1-3-30(4-2)16-17-31(26-28-23-10-5-6-11-24(23)35-26)25(32)19-8-7-9-21(18-19)29-36(33,34)22-14-12-20(27)13-15-22/h5-15,18,29H,3-4,16-17H2,1-2H3. The Labute approximate surface area is 214 Å². The second kappa shape index (κ2) is 11.2. The first kappa shape index (κ1) is 25.7. The van der Waals surface area contributed by atoms with Crippen LogP contribution < -0.4 is 9.62 Å². The van der Waals surface area contributed by atoms with E-state index in [1.807, 2.05) is 24.3 Å². The number of likely N-dealkylation sites (N-methyl/N-ethyl adjacent to an activating group) is 1. The maximum absolute atomic E-state index is 13.7. The molecule has 0 aliphatic heterocycles. The smallest absolute Gasteiger partial charge is 0.261 e. The fourth-order valence-corrected chi connectivity index (χ4v) is 5.78. The van der Waals surface area contributed by atoms with Crippen molar-refractivity contribution in [3.63, 3.8) is 0 Å². The highest BCUT2D eigenvalue weighted by Crippen LogP contribution is 2.30. The van der Waals surface area contributed by atoms with Gasteiger partial charge in [-0.15, -0.1) is 0 Å². The van der Waals surface area contributed by atoms with Gasteiger partial charge in [-0.25, -0.2) is 17.8 Å². The number of amides is 1. The lowest BCUT2D eigenvalue weighted by molar-refractivity contribution is 0.0984. The highest BCUT2D eigenvalue weighted by atomic mass is 32.2. The van der Waals surface area contributed by atoms with Gasteiger partial charge in [-0.1, -0.05) is 43.4 Å². The first-order chi connectivity index (χ1) is 17.3. The third kappa shape index (κ3) is 5.89. The fourth-order valence-electron chi connectivity index (χ4n) is 3.74. The minimum atomic E-state index is -3.95. The molecule has 4 aromatic rings. The zero-order valence-electron chi connectivity index (χ0n) is 20.0. The van der Waals surface area contributed by atoms with E-state index in [1.54, 1.807) is 23.1 Å². The lowest BCUT2D eigenvalue weighted by Crippen LogP contribution is -2.38. The summed E-state index contributed by atoms with van der Waals surface area (Å²) >= 11 is 1.44. The van der Waals surface area contributed by atoms with Gasteiger partial charge in [-0.05, 0) is 67.7 Å². The molecule has 0 aliphatic carbocycles. The van der Waals surface area contributed by atoms with Gasteiger partial charge in [-0.3, -0.25) is 14.4 Å². The molecule has 0 radical (unpaired) electrons. The van der Waals surface area contributed by atoms with E-state index in [2.05, 4.69) is 28.5 Å². The number of anilines is 2. The number of nitrogens with zero attached hydrogens (tertiary/aromatic N) is 3. The Morgan fingerprint density at radius 2 is 1.69 bits per heavy atom. The number of rotatable bonds is 10. The van der Waals surface area contributed by atoms with Crippen molar-refractivity contribution in [3.8, 4) is 0 Å². The lowest BCUT2D eigenvalue weighted by Gasteiger charge is -2.25. The molecule has 1 heterocycles. The second-order valence-corrected chi connectivity index (χ2v) is 10.8. The summed E-state index contributed by atoms with van der Waals surface area (Å²) in [6, 6.07) is 18.6. The maximum atomic E-state index is 13.7. The van der Waals surface area contributed by atoms with Crippen molar-refractivity contribution in [1.82, 2.24) is 9.88 Å². The SMILES string of the molecule is CCN(CC)CCN(C(=O)c1cccc(NS(=O)(=O)c2ccc(F)cc2)c1)c1nc2ccccc2s1. The minimum Gasteiger partial charge on any atom is -0.302 e. The monoisotopic (exact) mass is 526 g/mol. The molecule has 0 saturated carbocycles. The number of para-hydroxylation sites is 1. The van der Waals surface area contributed by atoms with Crippen LogP contribution in [0.2, 0.25) is 0 Å². The van der Waals surface area contributed by atoms with Crippen molar-refractivity contribution in [1.29, 1.82) is 0 Å². The van der Waals surface area contributed by atoms with Crippen LogP contribution in [0.5, 0.6) is 0 Å². The Morgan fingerprint density at radius 1 is 0.972 bits per heavy atom. The van der Waals surface area contributed by atoms with Crippen LogP contribution in [-0.2, 0) is 10.0 Å². The highest BCUT2D eigenvalue weighted by Gasteiger charge is 2.23. The number of sulfonamides is 1. The van der Waals surface area contributed by atoms with Crippen LogP contribution in [0.15, 0.2) is 77.7 Å². The van der Waals surface area contributed by atoms with Crippen LogP contribution in [-0.4, -0.2) is 50.4 Å². The Morgan fingerprint density at radius 3 is 2.39 bits per heavy atom. The van der Waals surface area contributed by atoms with Gasteiger partial charge in [0, 0.05) is 24.3 Å². The van der Waals surface area contributed by atoms with Crippen LogP contribution in [0, 0.1) is 5.82 Å². The molecule has 36 heavy (non-hydrogen) atoms. The number of fused-ring (bicyclic) bond motifs is 1. The molecular formula is C26H27FN4O3S2. The van der Waals surface area contributed by atoms with Crippen LogP contribution in [0.3, 0.4) is 0 Å². The Hall–Kier alpha value is -3.34. The van der Waals surface area contributed by atoms with Crippen molar-refractivity contribution in [3.05, 3.63) is 84.2 Å². The number of thiazole rings is 1. The summed E-state index contributed by atoms with van der Waals surface area (Å²) in [6.45, 7) is 6.98. The fraction of sp³-hybridized carbons (Fsp3) is 0.231. The molecule has 1 N–H and O–H groups in total. The largest absolute Gasteiger partial charge is 0.302 e. The first-order valence-corrected chi connectivity index (χ1v) is 13.9. The Kier molecular flexibility index (Phi) is 7.97. The van der Waals surface area contributed by atoms with Gasteiger partial charge in [0.25, 0.3) is 15.9 Å². The topological polar surface area (TPSA) is 82.6 Å². The van der Waals surface area contributed by atoms with Gasteiger partial charge in [0.05, 0.1) is 15.1 Å². The molecule has 0 aliphatic rings. The average Bonchev–Trinajstić information content (AvgIpc) is 3.30. The van der Waals surface area contributed by atoms with Crippen LogP contribution >= 0.6 is 11.3 Å². The van der Waals surface area contributed by atoms with Crippen molar-refractivity contribution < 1.29 is 17.6 Å². The van der Waals surface area contributed by atoms with Gasteiger partial charge >= 0.3 is 0 Å². The van der Waals surface area contributed by atoms with Crippen molar-refractivity contribution in [2.45, 2.75) is 18.7 Å². The normalized spacial score (nSPS) is 11.7. The summed E-state index contributed by atoms with van der Waals surface area (Å²) < 4.78 is 42.2. The van der Waals surface area contributed by atoms with Gasteiger partial charge in [0.2, 0.25) is 0 Å². The number of carbonyl (C=O) groups excluding carboxylic acids is 1. The van der Waals surface area contributed by atoms with Gasteiger partial charge < -0.3 is 4.90 Å². The molecule has 0 fully saturated rings. The molecule has 3 aromatic carbocycles. The van der Waals surface area contributed by atoms with Gasteiger partial charge in [0.1, 0.15) is 5.82 Å². The molecule has 0 bridgehead atoms. The molecule has 0 saturated heterocycles. The molecule has 0 atom stereocenters. The highest BCUT2D eigenvalue weighted by molar-refractivity contribution is 7.92. The van der Waals surface area contributed by atoms with E-state index >= 15 is 0 Å². The van der Waals surface area contributed by atoms with E-state index in [0.717, 1.165) is 35.4 Å². The van der Waals surface area contributed by atoms with E-state index in [-0.39, 0.29) is 16.5 Å². The van der Waals surface area contributed by atoms with E-state index < -0.39 is 15.8 Å². The van der Waals surface area contributed by atoms with Crippen molar-refractivity contribution in [2.75, 3.05) is 35.8 Å². The summed E-state index contributed by atoms with van der Waals surface area (Å²) in [5.74, 6) is -0.801. The lowest BCUT2D eigenvalue weighted by atomic mass is 10.2. The Balaban J connectivity index is 1.63. The van der Waals surface area contributed by atoms with Crippen LogP contribution in [0.25, 0.3) is 10.2 Å². The third-order valence-electron chi connectivity index (χ3n) is 5.78. The molecule has 0 unspecified atom stereocenters. The zero-order chi connectivity index (χ0) is 25.7. The van der Waals surface area contributed by atoms with Crippen LogP contribution in [0.4, 0.5) is 15.2 Å². The average molecular weight is 527 g/mol. The first-order valence-electron chi connectivity index (χ1n) is 11.6. The third-order valence-corrected chi connectivity index (χ3v) is 8.24. The molecule has 0 spiro atoms. The van der Waals surface area contributed by atoms with Gasteiger partial charge in [0.15, 0.2) is 5.13 Å². The number of aromatic nitrogens is 1.